The molecule has 0 radical (unpaired) electrons. The molecule has 7 nitrogen and oxygen atoms in total. The van der Waals surface area contributed by atoms with Gasteiger partial charge in [0.2, 0.25) is 11.7 Å². The first-order valence-electron chi connectivity index (χ1n) is 8.69. The molecule has 3 N–H and O–H groups in total. The van der Waals surface area contributed by atoms with E-state index in [0.717, 1.165) is 16.8 Å². The Morgan fingerprint density at radius 1 is 1.11 bits per heavy atom. The molecule has 146 valence electrons. The summed E-state index contributed by atoms with van der Waals surface area (Å²) in [5.74, 6) is 1.40. The number of aromatic nitrogens is 1. The summed E-state index contributed by atoms with van der Waals surface area (Å²) in [6.07, 6.45) is 1.73. The zero-order chi connectivity index (χ0) is 20.0. The van der Waals surface area contributed by atoms with Crippen molar-refractivity contribution in [3.63, 3.8) is 0 Å². The normalized spacial score (nSPS) is 11.9. The first-order chi connectivity index (χ1) is 12.9. The van der Waals surface area contributed by atoms with Gasteiger partial charge in [-0.25, -0.2) is 0 Å². The van der Waals surface area contributed by atoms with Crippen LogP contribution < -0.4 is 25.3 Å². The number of pyridine rings is 1. The highest BCUT2D eigenvalue weighted by Gasteiger charge is 2.19. The molecule has 0 fully saturated rings. The second-order valence-corrected chi connectivity index (χ2v) is 6.47. The van der Waals surface area contributed by atoms with Crippen molar-refractivity contribution < 1.29 is 19.0 Å². The second-order valence-electron chi connectivity index (χ2n) is 6.47. The Morgan fingerprint density at radius 3 is 2.22 bits per heavy atom. The van der Waals surface area contributed by atoms with Crippen molar-refractivity contribution in [3.8, 4) is 28.5 Å². The number of nitrogens with zero attached hydrogens (tertiary/aromatic N) is 1. The molecular formula is C20H27N3O4. The molecular weight excluding hydrogens is 346 g/mol. The molecule has 2 aromatic rings. The topological polar surface area (TPSA) is 95.7 Å². The molecule has 1 atom stereocenters. The number of ether oxygens (including phenoxy) is 3. The van der Waals surface area contributed by atoms with Crippen LogP contribution in [0.15, 0.2) is 30.5 Å². The van der Waals surface area contributed by atoms with E-state index in [1.54, 1.807) is 27.5 Å². The van der Waals surface area contributed by atoms with Gasteiger partial charge in [0.1, 0.15) is 0 Å². The molecule has 0 aliphatic carbocycles. The van der Waals surface area contributed by atoms with Gasteiger partial charge in [0.15, 0.2) is 11.5 Å². The zero-order valence-electron chi connectivity index (χ0n) is 16.4. The lowest BCUT2D eigenvalue weighted by Gasteiger charge is -2.19. The van der Waals surface area contributed by atoms with E-state index in [1.165, 1.54) is 0 Å². The summed E-state index contributed by atoms with van der Waals surface area (Å²) in [7, 11) is 4.71. The van der Waals surface area contributed by atoms with Gasteiger partial charge in [-0.05, 0) is 35.7 Å². The van der Waals surface area contributed by atoms with Crippen LogP contribution in [0.1, 0.15) is 19.4 Å². The van der Waals surface area contributed by atoms with E-state index in [1.807, 2.05) is 38.1 Å². The van der Waals surface area contributed by atoms with Crippen LogP contribution in [-0.4, -0.2) is 38.3 Å². The van der Waals surface area contributed by atoms with Crippen LogP contribution in [0.5, 0.6) is 17.2 Å². The number of primary amides is 1. The summed E-state index contributed by atoms with van der Waals surface area (Å²) in [5, 5.41) is 3.21. The average Bonchev–Trinajstić information content (AvgIpc) is 2.66. The van der Waals surface area contributed by atoms with Crippen LogP contribution in [0.2, 0.25) is 0 Å². The van der Waals surface area contributed by atoms with E-state index in [9.17, 15) is 4.79 Å². The number of nitrogens with two attached hydrogens (primary N) is 1. The summed E-state index contributed by atoms with van der Waals surface area (Å²) in [4.78, 5) is 16.0. The second kappa shape index (κ2) is 9.23. The van der Waals surface area contributed by atoms with Crippen molar-refractivity contribution in [2.75, 3.05) is 21.3 Å². The van der Waals surface area contributed by atoms with Gasteiger partial charge in [-0.1, -0.05) is 13.8 Å². The number of methoxy groups -OCH3 is 3. The first-order valence-corrected chi connectivity index (χ1v) is 8.69. The maximum Gasteiger partial charge on any atom is 0.234 e. The lowest BCUT2D eigenvalue weighted by Crippen LogP contribution is -2.44. The Bertz CT molecular complexity index is 768. The van der Waals surface area contributed by atoms with E-state index < -0.39 is 0 Å². The van der Waals surface area contributed by atoms with Gasteiger partial charge in [-0.15, -0.1) is 0 Å². The maximum atomic E-state index is 11.6. The third-order valence-electron chi connectivity index (χ3n) is 4.28. The Kier molecular flexibility index (Phi) is 7.01. The third-order valence-corrected chi connectivity index (χ3v) is 4.28. The van der Waals surface area contributed by atoms with Crippen molar-refractivity contribution in [2.24, 2.45) is 11.7 Å². The van der Waals surface area contributed by atoms with E-state index in [4.69, 9.17) is 19.9 Å². The van der Waals surface area contributed by atoms with Gasteiger partial charge in [-0.3, -0.25) is 9.78 Å². The average molecular weight is 373 g/mol. The summed E-state index contributed by atoms with van der Waals surface area (Å²) in [6, 6.07) is 7.16. The number of hydrogen-bond donors (Lipinski definition) is 2. The molecule has 2 rings (SSSR count). The number of nitrogens with one attached hydrogen (secondary N) is 1. The number of amides is 1. The SMILES string of the molecule is COc1cc(-c2cc(CN[C@@H](C(N)=O)C(C)C)ccn2)cc(OC)c1OC. The molecule has 1 heterocycles. The highest BCUT2D eigenvalue weighted by atomic mass is 16.5. The van der Waals surface area contributed by atoms with Gasteiger partial charge >= 0.3 is 0 Å². The molecule has 1 aromatic carbocycles. The molecule has 0 bridgehead atoms. The minimum Gasteiger partial charge on any atom is -0.493 e. The Labute approximate surface area is 159 Å². The van der Waals surface area contributed by atoms with E-state index in [0.29, 0.717) is 23.8 Å². The summed E-state index contributed by atoms with van der Waals surface area (Å²) >= 11 is 0. The number of benzene rings is 1. The molecule has 0 aliphatic heterocycles. The van der Waals surface area contributed by atoms with Crippen LogP contribution in [0.25, 0.3) is 11.3 Å². The predicted octanol–water partition coefficient (Wildman–Crippen LogP) is 2.37. The molecule has 0 spiro atoms. The summed E-state index contributed by atoms with van der Waals surface area (Å²) in [5.41, 5.74) is 8.04. The number of carbonyl (C=O) groups is 1. The predicted molar refractivity (Wildman–Crippen MR) is 104 cm³/mol. The molecule has 0 saturated heterocycles. The van der Waals surface area contributed by atoms with Crippen LogP contribution in [0.4, 0.5) is 0 Å². The third kappa shape index (κ3) is 4.89. The van der Waals surface area contributed by atoms with E-state index in [-0.39, 0.29) is 17.9 Å². The van der Waals surface area contributed by atoms with Gasteiger partial charge in [0.25, 0.3) is 0 Å². The number of hydrogen-bond acceptors (Lipinski definition) is 6. The van der Waals surface area contributed by atoms with Crippen molar-refractivity contribution >= 4 is 5.91 Å². The minimum absolute atomic E-state index is 0.110. The summed E-state index contributed by atoms with van der Waals surface area (Å²) < 4.78 is 16.2. The fourth-order valence-electron chi connectivity index (χ4n) is 2.86. The largest absolute Gasteiger partial charge is 0.493 e. The van der Waals surface area contributed by atoms with Crippen LogP contribution in [-0.2, 0) is 11.3 Å². The van der Waals surface area contributed by atoms with Crippen molar-refractivity contribution in [1.82, 2.24) is 10.3 Å². The van der Waals surface area contributed by atoms with Crippen molar-refractivity contribution in [3.05, 3.63) is 36.0 Å². The Hall–Kier alpha value is -2.80. The van der Waals surface area contributed by atoms with Gasteiger partial charge in [-0.2, -0.15) is 0 Å². The monoisotopic (exact) mass is 373 g/mol. The highest BCUT2D eigenvalue weighted by molar-refractivity contribution is 5.80. The Morgan fingerprint density at radius 2 is 1.74 bits per heavy atom. The van der Waals surface area contributed by atoms with Crippen LogP contribution in [0, 0.1) is 5.92 Å². The maximum absolute atomic E-state index is 11.6. The molecule has 0 unspecified atom stereocenters. The standard InChI is InChI=1S/C20H27N3O4/c1-12(2)18(20(21)24)23-11-13-6-7-22-15(8-13)14-9-16(25-3)19(27-5)17(10-14)26-4/h6-10,12,18,23H,11H2,1-5H3,(H2,21,24)/t18-/m1/s1. The summed E-state index contributed by atoms with van der Waals surface area (Å²) in [6.45, 7) is 4.42. The van der Waals surface area contributed by atoms with E-state index in [2.05, 4.69) is 10.3 Å². The minimum atomic E-state index is -0.386. The quantitative estimate of drug-likeness (QED) is 0.701. The highest BCUT2D eigenvalue weighted by Crippen LogP contribution is 2.40. The fraction of sp³-hybridized carbons (Fsp3) is 0.400. The fourth-order valence-corrected chi connectivity index (χ4v) is 2.86. The smallest absolute Gasteiger partial charge is 0.234 e. The van der Waals surface area contributed by atoms with Crippen molar-refractivity contribution in [1.29, 1.82) is 0 Å². The molecule has 0 saturated carbocycles. The van der Waals surface area contributed by atoms with E-state index >= 15 is 0 Å². The number of carbonyl (C=O) groups excluding carboxylic acids is 1. The molecule has 27 heavy (non-hydrogen) atoms. The Balaban J connectivity index is 2.31. The lowest BCUT2D eigenvalue weighted by atomic mass is 10.0. The van der Waals surface area contributed by atoms with Crippen LogP contribution >= 0.6 is 0 Å². The zero-order valence-corrected chi connectivity index (χ0v) is 16.4. The molecule has 7 heteroatoms. The van der Waals surface area contributed by atoms with Gasteiger partial charge in [0.05, 0.1) is 33.1 Å². The van der Waals surface area contributed by atoms with Crippen molar-refractivity contribution in [2.45, 2.75) is 26.4 Å². The van der Waals surface area contributed by atoms with Crippen LogP contribution in [0.3, 0.4) is 0 Å². The lowest BCUT2D eigenvalue weighted by molar-refractivity contribution is -0.121. The van der Waals surface area contributed by atoms with Gasteiger partial charge in [0, 0.05) is 18.3 Å². The number of rotatable bonds is 9. The molecule has 1 amide bonds. The van der Waals surface area contributed by atoms with Gasteiger partial charge < -0.3 is 25.3 Å². The first kappa shape index (κ1) is 20.5. The molecule has 0 aliphatic rings. The molecule has 1 aromatic heterocycles.